The molecule has 1 aliphatic heterocycles. The Labute approximate surface area is 202 Å². The van der Waals surface area contributed by atoms with Crippen LogP contribution in [0.25, 0.3) is 0 Å². The molecule has 184 valence electrons. The van der Waals surface area contributed by atoms with E-state index in [4.69, 9.17) is 14.2 Å². The van der Waals surface area contributed by atoms with E-state index in [9.17, 15) is 24.0 Å². The number of rotatable bonds is 5. The van der Waals surface area contributed by atoms with Gasteiger partial charge >= 0.3 is 17.9 Å². The van der Waals surface area contributed by atoms with Gasteiger partial charge in [0.25, 0.3) is 0 Å². The number of benzene rings is 2. The zero-order chi connectivity index (χ0) is 26.1. The molecule has 3 rings (SSSR count). The van der Waals surface area contributed by atoms with Gasteiger partial charge in [-0.05, 0) is 49.9 Å². The van der Waals surface area contributed by atoms with Crippen molar-refractivity contribution in [2.45, 2.75) is 58.2 Å². The Morgan fingerprint density at radius 3 is 2.40 bits per heavy atom. The van der Waals surface area contributed by atoms with E-state index in [1.807, 2.05) is 27.7 Å². The standard InChI is InChI=1S/C26H26FNO7/c1-14(29)33-22(24(31)32-6)18-8-7-17(11-20(18)27)34-23(30)15-9-16(12-28)21-19(10-15)25(2,3)13-26(4,5)35-21/h7-11,22H,13H2,1-6H3. The summed E-state index contributed by atoms with van der Waals surface area (Å²) < 4.78 is 35.6. The first-order chi connectivity index (χ1) is 16.3. The number of fused-ring (bicyclic) bond motifs is 1. The van der Waals surface area contributed by atoms with E-state index >= 15 is 0 Å². The highest BCUT2D eigenvalue weighted by Gasteiger charge is 2.41. The first-order valence-corrected chi connectivity index (χ1v) is 10.8. The molecule has 0 radical (unpaired) electrons. The van der Waals surface area contributed by atoms with E-state index in [1.54, 1.807) is 6.07 Å². The number of carbonyl (C=O) groups is 3. The second-order valence-electron chi connectivity index (χ2n) is 9.52. The Bertz CT molecular complexity index is 1240. The molecular formula is C26H26FNO7. The van der Waals surface area contributed by atoms with Crippen LogP contribution in [0.3, 0.4) is 0 Å². The van der Waals surface area contributed by atoms with Crippen molar-refractivity contribution in [3.05, 3.63) is 58.4 Å². The van der Waals surface area contributed by atoms with Crippen LogP contribution in [-0.4, -0.2) is 30.6 Å². The van der Waals surface area contributed by atoms with Gasteiger partial charge in [-0.3, -0.25) is 4.79 Å². The largest absolute Gasteiger partial charge is 0.486 e. The number of nitriles is 1. The van der Waals surface area contributed by atoms with Gasteiger partial charge in [-0.2, -0.15) is 5.26 Å². The van der Waals surface area contributed by atoms with Crippen molar-refractivity contribution in [2.75, 3.05) is 7.11 Å². The zero-order valence-electron chi connectivity index (χ0n) is 20.4. The smallest absolute Gasteiger partial charge is 0.352 e. The summed E-state index contributed by atoms with van der Waals surface area (Å²) in [6.07, 6.45) is -0.945. The van der Waals surface area contributed by atoms with Gasteiger partial charge in [0.05, 0.1) is 18.2 Å². The molecule has 0 aromatic heterocycles. The van der Waals surface area contributed by atoms with Crippen molar-refractivity contribution in [3.63, 3.8) is 0 Å². The number of hydrogen-bond acceptors (Lipinski definition) is 8. The first kappa shape index (κ1) is 25.7. The average molecular weight is 483 g/mol. The molecule has 2 aromatic carbocycles. The van der Waals surface area contributed by atoms with Gasteiger partial charge in [0.15, 0.2) is 0 Å². The lowest BCUT2D eigenvalue weighted by atomic mass is 9.72. The summed E-state index contributed by atoms with van der Waals surface area (Å²) in [6.45, 7) is 8.95. The van der Waals surface area contributed by atoms with Crippen LogP contribution in [0, 0.1) is 17.1 Å². The van der Waals surface area contributed by atoms with Crippen LogP contribution in [0.4, 0.5) is 4.39 Å². The van der Waals surface area contributed by atoms with E-state index in [-0.39, 0.29) is 27.9 Å². The van der Waals surface area contributed by atoms with Gasteiger partial charge in [-0.15, -0.1) is 0 Å². The van der Waals surface area contributed by atoms with E-state index in [0.717, 1.165) is 26.2 Å². The molecule has 9 heteroatoms. The number of halogens is 1. The molecule has 0 saturated heterocycles. The molecule has 1 aliphatic rings. The lowest BCUT2D eigenvalue weighted by Gasteiger charge is -2.42. The summed E-state index contributed by atoms with van der Waals surface area (Å²) in [7, 11) is 1.08. The van der Waals surface area contributed by atoms with Gasteiger partial charge < -0.3 is 18.9 Å². The molecule has 0 N–H and O–H groups in total. The summed E-state index contributed by atoms with van der Waals surface area (Å²) in [4.78, 5) is 36.1. The maximum absolute atomic E-state index is 14.8. The molecule has 2 aromatic rings. The second kappa shape index (κ2) is 9.37. The van der Waals surface area contributed by atoms with E-state index in [2.05, 4.69) is 10.8 Å². The van der Waals surface area contributed by atoms with Gasteiger partial charge in [-0.1, -0.05) is 13.8 Å². The fraction of sp³-hybridized carbons (Fsp3) is 0.385. The van der Waals surface area contributed by atoms with Crippen LogP contribution in [0.1, 0.15) is 74.2 Å². The molecule has 1 heterocycles. The summed E-state index contributed by atoms with van der Waals surface area (Å²) in [5.41, 5.74) is -0.127. The van der Waals surface area contributed by atoms with Crippen LogP contribution < -0.4 is 9.47 Å². The van der Waals surface area contributed by atoms with Crippen LogP contribution in [-0.2, 0) is 24.5 Å². The molecular weight excluding hydrogens is 457 g/mol. The third kappa shape index (κ3) is 5.43. The highest BCUT2D eigenvalue weighted by atomic mass is 19.1. The van der Waals surface area contributed by atoms with Crippen LogP contribution in [0.15, 0.2) is 30.3 Å². The number of hydrogen-bond donors (Lipinski definition) is 0. The summed E-state index contributed by atoms with van der Waals surface area (Å²) in [6, 6.07) is 8.38. The highest BCUT2D eigenvalue weighted by Crippen LogP contribution is 2.46. The molecule has 0 saturated carbocycles. The van der Waals surface area contributed by atoms with E-state index < -0.39 is 35.4 Å². The number of nitrogens with zero attached hydrogens (tertiary/aromatic N) is 1. The van der Waals surface area contributed by atoms with Crippen LogP contribution >= 0.6 is 0 Å². The predicted molar refractivity (Wildman–Crippen MR) is 121 cm³/mol. The van der Waals surface area contributed by atoms with Crippen molar-refractivity contribution in [2.24, 2.45) is 0 Å². The van der Waals surface area contributed by atoms with Crippen molar-refractivity contribution in [1.82, 2.24) is 0 Å². The predicted octanol–water partition coefficient (Wildman–Crippen LogP) is 4.53. The topological polar surface area (TPSA) is 112 Å². The summed E-state index contributed by atoms with van der Waals surface area (Å²) >= 11 is 0. The minimum absolute atomic E-state index is 0.105. The molecule has 0 spiro atoms. The monoisotopic (exact) mass is 483 g/mol. The molecule has 35 heavy (non-hydrogen) atoms. The SMILES string of the molecule is COC(=O)C(OC(C)=O)c1ccc(OC(=O)c2cc(C#N)c3c(c2)C(C)(C)CC(C)(C)O3)cc1F. The molecule has 0 bridgehead atoms. The van der Waals surface area contributed by atoms with Gasteiger partial charge in [-0.25, -0.2) is 14.0 Å². The van der Waals surface area contributed by atoms with Crippen LogP contribution in [0.5, 0.6) is 11.5 Å². The highest BCUT2D eigenvalue weighted by molar-refractivity contribution is 5.92. The normalized spacial score (nSPS) is 16.1. The second-order valence-corrected chi connectivity index (χ2v) is 9.52. The zero-order valence-corrected chi connectivity index (χ0v) is 20.4. The quantitative estimate of drug-likeness (QED) is 0.450. The van der Waals surface area contributed by atoms with Crippen molar-refractivity contribution in [3.8, 4) is 17.6 Å². The Morgan fingerprint density at radius 1 is 1.14 bits per heavy atom. The lowest BCUT2D eigenvalue weighted by Crippen LogP contribution is -2.41. The molecule has 1 atom stereocenters. The first-order valence-electron chi connectivity index (χ1n) is 10.8. The van der Waals surface area contributed by atoms with Crippen molar-refractivity contribution < 1.29 is 37.7 Å². The fourth-order valence-corrected chi connectivity index (χ4v) is 4.38. The maximum atomic E-state index is 14.8. The molecule has 1 unspecified atom stereocenters. The van der Waals surface area contributed by atoms with Crippen molar-refractivity contribution >= 4 is 17.9 Å². The third-order valence-corrected chi connectivity index (χ3v) is 5.58. The molecule has 0 fully saturated rings. The Morgan fingerprint density at radius 2 is 1.83 bits per heavy atom. The summed E-state index contributed by atoms with van der Waals surface area (Å²) in [5.74, 6) is -3.22. The number of carbonyl (C=O) groups excluding carboxylic acids is 3. The van der Waals surface area contributed by atoms with Crippen molar-refractivity contribution in [1.29, 1.82) is 5.26 Å². The Hall–Kier alpha value is -3.93. The summed E-state index contributed by atoms with van der Waals surface area (Å²) in [5, 5.41) is 9.67. The molecule has 8 nitrogen and oxygen atoms in total. The number of esters is 3. The lowest BCUT2D eigenvalue weighted by molar-refractivity contribution is -0.165. The maximum Gasteiger partial charge on any atom is 0.352 e. The third-order valence-electron chi connectivity index (χ3n) is 5.58. The van der Waals surface area contributed by atoms with Crippen LogP contribution in [0.2, 0.25) is 0 Å². The number of methoxy groups -OCH3 is 1. The van der Waals surface area contributed by atoms with E-state index in [1.165, 1.54) is 12.1 Å². The molecule has 0 aliphatic carbocycles. The minimum Gasteiger partial charge on any atom is -0.486 e. The minimum atomic E-state index is -1.60. The van der Waals surface area contributed by atoms with E-state index in [0.29, 0.717) is 17.7 Å². The van der Waals surface area contributed by atoms with Gasteiger partial charge in [0.1, 0.15) is 29.0 Å². The average Bonchev–Trinajstić information content (AvgIpc) is 2.75. The Kier molecular flexibility index (Phi) is 6.88. The van der Waals surface area contributed by atoms with Gasteiger partial charge in [0.2, 0.25) is 6.10 Å². The molecule has 0 amide bonds. The fourth-order valence-electron chi connectivity index (χ4n) is 4.38. The Balaban J connectivity index is 1.92. The van der Waals surface area contributed by atoms with Gasteiger partial charge in [0, 0.05) is 24.1 Å². The number of ether oxygens (including phenoxy) is 4.